The van der Waals surface area contributed by atoms with E-state index in [0.717, 1.165) is 11.1 Å². The molecule has 2 atom stereocenters. The van der Waals surface area contributed by atoms with Gasteiger partial charge in [0.2, 0.25) is 5.60 Å². The molecule has 7 nitrogen and oxygen atoms in total. The summed E-state index contributed by atoms with van der Waals surface area (Å²) >= 11 is 0. The quantitative estimate of drug-likeness (QED) is 0.288. The molecule has 1 fully saturated rings. The minimum absolute atomic E-state index is 0.00861. The zero-order valence-electron chi connectivity index (χ0n) is 22.6. The molecule has 1 aliphatic rings. The van der Waals surface area contributed by atoms with E-state index in [-0.39, 0.29) is 30.9 Å². The standard InChI is InChI=1S/C31H35FN2O5/c1-4-37-29(35)31(2,39-28-13-9-8-12-27(28)32)20-23-14-16-26(17-15-23)38-19-18-25-22-34(30(36)33(25)3)21-24-10-6-5-7-11-24/h5-17,25H,4,18-22H2,1-3H3/t25-,31-/m0/s1. The van der Waals surface area contributed by atoms with E-state index < -0.39 is 17.4 Å². The second-order valence-electron chi connectivity index (χ2n) is 9.86. The van der Waals surface area contributed by atoms with Crippen LogP contribution in [0.2, 0.25) is 0 Å². The smallest absolute Gasteiger partial charge is 0.350 e. The number of amides is 2. The summed E-state index contributed by atoms with van der Waals surface area (Å²) in [5, 5.41) is 0. The van der Waals surface area contributed by atoms with Crippen LogP contribution < -0.4 is 9.47 Å². The second kappa shape index (κ2) is 12.7. The summed E-state index contributed by atoms with van der Waals surface area (Å²) in [5.41, 5.74) is 0.507. The number of hydrogen-bond donors (Lipinski definition) is 0. The van der Waals surface area contributed by atoms with Gasteiger partial charge in [-0.3, -0.25) is 0 Å². The fourth-order valence-electron chi connectivity index (χ4n) is 4.66. The molecular weight excluding hydrogens is 499 g/mol. The summed E-state index contributed by atoms with van der Waals surface area (Å²) in [5.74, 6) is -0.440. The summed E-state index contributed by atoms with van der Waals surface area (Å²) in [6, 6.07) is 23.4. The van der Waals surface area contributed by atoms with E-state index in [1.807, 2.05) is 66.5 Å². The maximum atomic E-state index is 14.2. The minimum atomic E-state index is -1.41. The number of hydrogen-bond acceptors (Lipinski definition) is 5. The van der Waals surface area contributed by atoms with Gasteiger partial charge >= 0.3 is 12.0 Å². The Hall–Kier alpha value is -4.07. The van der Waals surface area contributed by atoms with Crippen LogP contribution in [0.15, 0.2) is 78.9 Å². The highest BCUT2D eigenvalue weighted by Gasteiger charge is 2.38. The van der Waals surface area contributed by atoms with Gasteiger partial charge in [-0.25, -0.2) is 14.0 Å². The number of rotatable bonds is 12. The molecule has 0 N–H and O–H groups in total. The van der Waals surface area contributed by atoms with Gasteiger partial charge in [0.15, 0.2) is 11.6 Å². The third kappa shape index (κ3) is 7.07. The molecule has 3 aromatic rings. The Balaban J connectivity index is 1.32. The van der Waals surface area contributed by atoms with Crippen molar-refractivity contribution in [1.29, 1.82) is 0 Å². The lowest BCUT2D eigenvalue weighted by atomic mass is 9.96. The van der Waals surface area contributed by atoms with E-state index in [4.69, 9.17) is 14.2 Å². The number of benzene rings is 3. The first-order valence-electron chi connectivity index (χ1n) is 13.2. The van der Waals surface area contributed by atoms with Gasteiger partial charge < -0.3 is 24.0 Å². The highest BCUT2D eigenvalue weighted by atomic mass is 19.1. The van der Waals surface area contributed by atoms with E-state index in [1.165, 1.54) is 12.1 Å². The van der Waals surface area contributed by atoms with Crippen LogP contribution in [-0.2, 0) is 22.5 Å². The van der Waals surface area contributed by atoms with Crippen molar-refractivity contribution in [2.24, 2.45) is 0 Å². The third-order valence-electron chi connectivity index (χ3n) is 6.83. The number of likely N-dealkylation sites (N-methyl/N-ethyl adjacent to an activating group) is 1. The van der Waals surface area contributed by atoms with Gasteiger partial charge in [-0.15, -0.1) is 0 Å². The predicted octanol–water partition coefficient (Wildman–Crippen LogP) is 5.47. The molecule has 0 aliphatic carbocycles. The Labute approximate surface area is 229 Å². The molecule has 2 amide bonds. The van der Waals surface area contributed by atoms with Gasteiger partial charge in [0.1, 0.15) is 5.75 Å². The first-order valence-corrected chi connectivity index (χ1v) is 13.2. The maximum Gasteiger partial charge on any atom is 0.350 e. The summed E-state index contributed by atoms with van der Waals surface area (Å²) in [4.78, 5) is 29.1. The van der Waals surface area contributed by atoms with Crippen LogP contribution in [0.1, 0.15) is 31.4 Å². The monoisotopic (exact) mass is 534 g/mol. The van der Waals surface area contributed by atoms with Crippen LogP contribution in [0, 0.1) is 5.82 Å². The lowest BCUT2D eigenvalue weighted by Crippen LogP contribution is -2.45. The zero-order chi connectivity index (χ0) is 27.8. The minimum Gasteiger partial charge on any atom is -0.494 e. The number of nitrogens with zero attached hydrogens (tertiary/aromatic N) is 2. The second-order valence-corrected chi connectivity index (χ2v) is 9.86. The SMILES string of the molecule is CCOC(=O)[C@](C)(Cc1ccc(OCC[C@H]2CN(Cc3ccccc3)C(=O)N2C)cc1)Oc1ccccc1F. The van der Waals surface area contributed by atoms with Gasteiger partial charge in [0.05, 0.1) is 19.3 Å². The molecular formula is C31H35FN2O5. The van der Waals surface area contributed by atoms with Crippen LogP contribution in [0.4, 0.5) is 9.18 Å². The Bertz CT molecular complexity index is 1250. The Morgan fingerprint density at radius 2 is 1.69 bits per heavy atom. The first-order chi connectivity index (χ1) is 18.8. The normalized spacial score (nSPS) is 16.6. The van der Waals surface area contributed by atoms with E-state index in [9.17, 15) is 14.0 Å². The van der Waals surface area contributed by atoms with Gasteiger partial charge in [0.25, 0.3) is 0 Å². The molecule has 1 saturated heterocycles. The molecule has 1 aliphatic heterocycles. The van der Waals surface area contributed by atoms with Gasteiger partial charge in [0, 0.05) is 33.0 Å². The van der Waals surface area contributed by atoms with Crippen LogP contribution >= 0.6 is 0 Å². The number of ether oxygens (including phenoxy) is 3. The van der Waals surface area contributed by atoms with E-state index in [2.05, 4.69) is 0 Å². The van der Waals surface area contributed by atoms with Gasteiger partial charge in [-0.05, 0) is 49.2 Å². The van der Waals surface area contributed by atoms with Crippen LogP contribution in [0.3, 0.4) is 0 Å². The zero-order valence-corrected chi connectivity index (χ0v) is 22.6. The molecule has 1 heterocycles. The summed E-state index contributed by atoms with van der Waals surface area (Å²) in [6.45, 7) is 5.20. The van der Waals surface area contributed by atoms with Crippen molar-refractivity contribution in [2.75, 3.05) is 26.8 Å². The van der Waals surface area contributed by atoms with Crippen molar-refractivity contribution in [3.63, 3.8) is 0 Å². The molecule has 0 saturated carbocycles. The molecule has 4 rings (SSSR count). The topological polar surface area (TPSA) is 68.3 Å². The highest BCUT2D eigenvalue weighted by molar-refractivity contribution is 5.80. The first kappa shape index (κ1) is 28.0. The molecule has 3 aromatic carbocycles. The molecule has 39 heavy (non-hydrogen) atoms. The maximum absolute atomic E-state index is 14.2. The fourth-order valence-corrected chi connectivity index (χ4v) is 4.66. The van der Waals surface area contributed by atoms with Crippen molar-refractivity contribution in [1.82, 2.24) is 9.80 Å². The molecule has 0 radical (unpaired) electrons. The van der Waals surface area contributed by atoms with E-state index in [1.54, 1.807) is 30.9 Å². The third-order valence-corrected chi connectivity index (χ3v) is 6.83. The Kier molecular flexibility index (Phi) is 9.07. The van der Waals surface area contributed by atoms with Gasteiger partial charge in [-0.2, -0.15) is 0 Å². The summed E-state index contributed by atoms with van der Waals surface area (Å²) in [7, 11) is 1.83. The average Bonchev–Trinajstić information content (AvgIpc) is 3.19. The predicted molar refractivity (Wildman–Crippen MR) is 146 cm³/mol. The molecule has 0 unspecified atom stereocenters. The number of esters is 1. The Morgan fingerprint density at radius 1 is 1.00 bits per heavy atom. The van der Waals surface area contributed by atoms with Crippen molar-refractivity contribution in [3.05, 3.63) is 95.8 Å². The molecule has 0 spiro atoms. The number of halogens is 1. The van der Waals surface area contributed by atoms with Crippen molar-refractivity contribution in [3.8, 4) is 11.5 Å². The molecule has 206 valence electrons. The van der Waals surface area contributed by atoms with Crippen molar-refractivity contribution in [2.45, 2.75) is 44.9 Å². The molecule has 0 bridgehead atoms. The lowest BCUT2D eigenvalue weighted by Gasteiger charge is -2.28. The number of carbonyl (C=O) groups excluding carboxylic acids is 2. The average molecular weight is 535 g/mol. The van der Waals surface area contributed by atoms with E-state index >= 15 is 0 Å². The van der Waals surface area contributed by atoms with Crippen LogP contribution in [-0.4, -0.2) is 60.2 Å². The van der Waals surface area contributed by atoms with Crippen molar-refractivity contribution >= 4 is 12.0 Å². The van der Waals surface area contributed by atoms with Crippen LogP contribution in [0.5, 0.6) is 11.5 Å². The Morgan fingerprint density at radius 3 is 2.38 bits per heavy atom. The van der Waals surface area contributed by atoms with E-state index in [0.29, 0.717) is 31.9 Å². The fraction of sp³-hybridized carbons (Fsp3) is 0.355. The summed E-state index contributed by atoms with van der Waals surface area (Å²) in [6.07, 6.45) is 0.888. The van der Waals surface area contributed by atoms with Crippen LogP contribution in [0.25, 0.3) is 0 Å². The summed E-state index contributed by atoms with van der Waals surface area (Å²) < 4.78 is 31.3. The number of carbonyl (C=O) groups is 2. The van der Waals surface area contributed by atoms with Crippen molar-refractivity contribution < 1.29 is 28.2 Å². The highest BCUT2D eigenvalue weighted by Crippen LogP contribution is 2.27. The molecule has 0 aromatic heterocycles. The number of para-hydroxylation sites is 1. The number of urea groups is 1. The molecule has 8 heteroatoms. The van der Waals surface area contributed by atoms with Gasteiger partial charge in [-0.1, -0.05) is 54.6 Å². The largest absolute Gasteiger partial charge is 0.494 e. The lowest BCUT2D eigenvalue weighted by molar-refractivity contribution is -0.160.